The van der Waals surface area contributed by atoms with Crippen molar-refractivity contribution in [3.63, 3.8) is 0 Å². The lowest BCUT2D eigenvalue weighted by Gasteiger charge is -2.01. The third-order valence-corrected chi connectivity index (χ3v) is 2.86. The predicted octanol–water partition coefficient (Wildman–Crippen LogP) is 2.60. The van der Waals surface area contributed by atoms with Crippen LogP contribution in [0.5, 0.6) is 0 Å². The van der Waals surface area contributed by atoms with E-state index in [2.05, 4.69) is 10.3 Å². The van der Waals surface area contributed by atoms with Gasteiger partial charge in [-0.3, -0.25) is 4.79 Å². The minimum atomic E-state index is -4.52. The number of carbonyl (C=O) groups excluding carboxylic acids is 1. The standard InChI is InChI=1S/C11H10F3N3OS/c1-2-3-16-9(18)7(5-15)4-8-6-19-10(17-8)11(12,13)14/h4,6H,2-3H2,1H3,(H,16,18)/b7-4+. The van der Waals surface area contributed by atoms with E-state index in [4.69, 9.17) is 5.26 Å². The van der Waals surface area contributed by atoms with Crippen LogP contribution in [0, 0.1) is 11.3 Å². The van der Waals surface area contributed by atoms with Crippen LogP contribution in [-0.4, -0.2) is 17.4 Å². The Hall–Kier alpha value is -1.88. The number of hydrogen-bond donors (Lipinski definition) is 1. The van der Waals surface area contributed by atoms with Crippen molar-refractivity contribution in [2.45, 2.75) is 19.5 Å². The van der Waals surface area contributed by atoms with Crippen LogP contribution >= 0.6 is 11.3 Å². The molecule has 0 saturated carbocycles. The molecule has 1 amide bonds. The molecule has 0 aliphatic rings. The molecular formula is C11H10F3N3OS. The molecule has 0 aliphatic carbocycles. The first kappa shape index (κ1) is 15.2. The molecular weight excluding hydrogens is 279 g/mol. The van der Waals surface area contributed by atoms with E-state index in [-0.39, 0.29) is 11.3 Å². The van der Waals surface area contributed by atoms with Crippen molar-refractivity contribution < 1.29 is 18.0 Å². The molecule has 0 aromatic carbocycles. The Balaban J connectivity index is 2.90. The van der Waals surface area contributed by atoms with Crippen molar-refractivity contribution in [2.24, 2.45) is 0 Å². The number of halogens is 3. The highest BCUT2D eigenvalue weighted by Crippen LogP contribution is 2.31. The second-order valence-corrected chi connectivity index (χ2v) is 4.36. The number of nitrogens with zero attached hydrogens (tertiary/aromatic N) is 2. The van der Waals surface area contributed by atoms with Crippen molar-refractivity contribution in [1.29, 1.82) is 5.26 Å². The smallest absolute Gasteiger partial charge is 0.351 e. The molecule has 1 rings (SSSR count). The van der Waals surface area contributed by atoms with Gasteiger partial charge >= 0.3 is 6.18 Å². The molecule has 19 heavy (non-hydrogen) atoms. The fourth-order valence-corrected chi connectivity index (χ4v) is 1.76. The molecule has 8 heteroatoms. The van der Waals surface area contributed by atoms with Crippen LogP contribution in [-0.2, 0) is 11.0 Å². The number of alkyl halides is 3. The normalized spacial score (nSPS) is 12.1. The Kier molecular flexibility index (Phi) is 5.06. The summed E-state index contributed by atoms with van der Waals surface area (Å²) in [6.07, 6.45) is -2.79. The lowest BCUT2D eigenvalue weighted by Crippen LogP contribution is -2.25. The second-order valence-electron chi connectivity index (χ2n) is 3.50. The minimum Gasteiger partial charge on any atom is -0.351 e. The zero-order chi connectivity index (χ0) is 14.5. The molecule has 0 saturated heterocycles. The van der Waals surface area contributed by atoms with Gasteiger partial charge < -0.3 is 5.32 Å². The van der Waals surface area contributed by atoms with Crippen molar-refractivity contribution in [2.75, 3.05) is 6.54 Å². The Morgan fingerprint density at radius 2 is 2.32 bits per heavy atom. The number of nitrogens with one attached hydrogen (secondary N) is 1. The van der Waals surface area contributed by atoms with Crippen LogP contribution < -0.4 is 5.32 Å². The number of hydrogen-bond acceptors (Lipinski definition) is 4. The highest BCUT2D eigenvalue weighted by atomic mass is 32.1. The van der Waals surface area contributed by atoms with Crippen LogP contribution in [0.2, 0.25) is 0 Å². The van der Waals surface area contributed by atoms with E-state index in [0.717, 1.165) is 11.5 Å². The van der Waals surface area contributed by atoms with Gasteiger partial charge in [0.15, 0.2) is 5.01 Å². The third-order valence-electron chi connectivity index (χ3n) is 1.96. The molecule has 0 fully saturated rings. The quantitative estimate of drug-likeness (QED) is 0.684. The number of rotatable bonds is 4. The highest BCUT2D eigenvalue weighted by Gasteiger charge is 2.34. The van der Waals surface area contributed by atoms with Gasteiger partial charge in [0, 0.05) is 11.9 Å². The van der Waals surface area contributed by atoms with Gasteiger partial charge in [0.05, 0.1) is 5.69 Å². The molecule has 102 valence electrons. The predicted molar refractivity (Wildman–Crippen MR) is 64.0 cm³/mol. The number of thiazole rings is 1. The summed E-state index contributed by atoms with van der Waals surface area (Å²) in [5, 5.41) is 11.4. The summed E-state index contributed by atoms with van der Waals surface area (Å²) in [5.41, 5.74) is -0.326. The summed E-state index contributed by atoms with van der Waals surface area (Å²) in [6.45, 7) is 2.23. The highest BCUT2D eigenvalue weighted by molar-refractivity contribution is 7.09. The third kappa shape index (κ3) is 4.37. The second kappa shape index (κ2) is 6.33. The Bertz CT molecular complexity index is 528. The summed E-state index contributed by atoms with van der Waals surface area (Å²) >= 11 is 0.417. The van der Waals surface area contributed by atoms with Crippen molar-refractivity contribution in [3.05, 3.63) is 21.7 Å². The zero-order valence-corrected chi connectivity index (χ0v) is 10.7. The number of carbonyl (C=O) groups is 1. The number of aromatic nitrogens is 1. The topological polar surface area (TPSA) is 65.8 Å². The van der Waals surface area contributed by atoms with Gasteiger partial charge in [-0.25, -0.2) is 4.98 Å². The maximum Gasteiger partial charge on any atom is 0.443 e. The van der Waals surface area contributed by atoms with Gasteiger partial charge in [0.1, 0.15) is 11.6 Å². The summed E-state index contributed by atoms with van der Waals surface area (Å²) in [5.74, 6) is -0.620. The lowest BCUT2D eigenvalue weighted by molar-refractivity contribution is -0.137. The van der Waals surface area contributed by atoms with Crippen molar-refractivity contribution >= 4 is 23.3 Å². The summed E-state index contributed by atoms with van der Waals surface area (Å²) in [6, 6.07) is 1.64. The van der Waals surface area contributed by atoms with E-state index in [1.807, 2.05) is 6.92 Å². The SMILES string of the molecule is CCCNC(=O)/C(C#N)=C/c1csc(C(F)(F)F)n1. The van der Waals surface area contributed by atoms with Gasteiger partial charge in [0.25, 0.3) is 5.91 Å². The average molecular weight is 289 g/mol. The van der Waals surface area contributed by atoms with Gasteiger partial charge in [-0.1, -0.05) is 6.92 Å². The molecule has 0 radical (unpaired) electrons. The molecule has 0 atom stereocenters. The Morgan fingerprint density at radius 1 is 1.63 bits per heavy atom. The molecule has 1 aromatic rings. The molecule has 0 unspecified atom stereocenters. The van der Waals surface area contributed by atoms with Crippen LogP contribution in [0.1, 0.15) is 24.0 Å². The van der Waals surface area contributed by atoms with Crippen LogP contribution in [0.3, 0.4) is 0 Å². The monoisotopic (exact) mass is 289 g/mol. The first-order valence-corrected chi connectivity index (χ1v) is 6.19. The Morgan fingerprint density at radius 3 is 2.79 bits per heavy atom. The first-order valence-electron chi connectivity index (χ1n) is 5.31. The summed E-state index contributed by atoms with van der Waals surface area (Å²) < 4.78 is 37.0. The fourth-order valence-electron chi connectivity index (χ4n) is 1.11. The van der Waals surface area contributed by atoms with E-state index < -0.39 is 17.1 Å². The number of nitriles is 1. The average Bonchev–Trinajstić information content (AvgIpc) is 2.81. The lowest BCUT2D eigenvalue weighted by atomic mass is 10.2. The Labute approximate surface area is 111 Å². The molecule has 1 N–H and O–H groups in total. The molecule has 0 bridgehead atoms. The molecule has 1 heterocycles. The van der Waals surface area contributed by atoms with Gasteiger partial charge in [-0.05, 0) is 12.5 Å². The van der Waals surface area contributed by atoms with Crippen molar-refractivity contribution in [3.8, 4) is 6.07 Å². The first-order chi connectivity index (χ1) is 8.88. The van der Waals surface area contributed by atoms with Crippen molar-refractivity contribution in [1.82, 2.24) is 10.3 Å². The number of amides is 1. The van der Waals surface area contributed by atoms with E-state index >= 15 is 0 Å². The van der Waals surface area contributed by atoms with Gasteiger partial charge in [-0.15, -0.1) is 11.3 Å². The fraction of sp³-hybridized carbons (Fsp3) is 0.364. The minimum absolute atomic E-state index is 0.0551. The van der Waals surface area contributed by atoms with E-state index in [0.29, 0.717) is 24.3 Å². The maximum absolute atomic E-state index is 12.3. The van der Waals surface area contributed by atoms with E-state index in [1.54, 1.807) is 6.07 Å². The molecule has 4 nitrogen and oxygen atoms in total. The molecule has 1 aromatic heterocycles. The maximum atomic E-state index is 12.3. The van der Waals surface area contributed by atoms with Crippen LogP contribution in [0.4, 0.5) is 13.2 Å². The summed E-state index contributed by atoms with van der Waals surface area (Å²) in [4.78, 5) is 14.8. The van der Waals surface area contributed by atoms with E-state index in [9.17, 15) is 18.0 Å². The van der Waals surface area contributed by atoms with E-state index in [1.165, 1.54) is 0 Å². The zero-order valence-electron chi connectivity index (χ0n) is 9.91. The van der Waals surface area contributed by atoms with Crippen LogP contribution in [0.15, 0.2) is 11.0 Å². The van der Waals surface area contributed by atoms with Gasteiger partial charge in [-0.2, -0.15) is 18.4 Å². The van der Waals surface area contributed by atoms with Crippen LogP contribution in [0.25, 0.3) is 6.08 Å². The molecule has 0 aliphatic heterocycles. The largest absolute Gasteiger partial charge is 0.443 e. The molecule has 0 spiro atoms. The van der Waals surface area contributed by atoms with Gasteiger partial charge in [0.2, 0.25) is 0 Å². The summed E-state index contributed by atoms with van der Waals surface area (Å²) in [7, 11) is 0.